The molecule has 1 heterocycles. The second-order valence-electron chi connectivity index (χ2n) is 3.73. The first-order chi connectivity index (χ1) is 7.81. The van der Waals surface area contributed by atoms with Crippen LogP contribution in [0.4, 0.5) is 4.79 Å². The Bertz CT molecular complexity index is 379. The Morgan fingerprint density at radius 2 is 2.31 bits per heavy atom. The zero-order valence-electron chi connectivity index (χ0n) is 9.32. The van der Waals surface area contributed by atoms with Crippen molar-refractivity contribution in [2.75, 3.05) is 13.2 Å². The maximum atomic E-state index is 11.5. The average Bonchev–Trinajstić information content (AvgIpc) is 2.30. The lowest BCUT2D eigenvalue weighted by Crippen LogP contribution is -2.39. The van der Waals surface area contributed by atoms with Gasteiger partial charge >= 0.3 is 6.03 Å². The van der Waals surface area contributed by atoms with E-state index in [1.165, 1.54) is 0 Å². The second-order valence-corrected chi connectivity index (χ2v) is 3.73. The Morgan fingerprint density at radius 1 is 1.50 bits per heavy atom. The maximum absolute atomic E-state index is 11.5. The van der Waals surface area contributed by atoms with Crippen LogP contribution in [0.3, 0.4) is 0 Å². The molecule has 1 aromatic rings. The highest BCUT2D eigenvalue weighted by molar-refractivity contribution is 5.74. The summed E-state index contributed by atoms with van der Waals surface area (Å²) in [6.07, 6.45) is 0.814. The average molecular weight is 220 g/mol. The van der Waals surface area contributed by atoms with E-state index in [2.05, 4.69) is 10.6 Å². The van der Waals surface area contributed by atoms with Gasteiger partial charge in [-0.1, -0.05) is 18.2 Å². The van der Waals surface area contributed by atoms with Gasteiger partial charge in [0.15, 0.2) is 0 Å². The second kappa shape index (κ2) is 4.88. The van der Waals surface area contributed by atoms with Gasteiger partial charge < -0.3 is 15.4 Å². The lowest BCUT2D eigenvalue weighted by molar-refractivity contribution is 0.224. The summed E-state index contributed by atoms with van der Waals surface area (Å²) in [4.78, 5) is 11.5. The van der Waals surface area contributed by atoms with E-state index in [-0.39, 0.29) is 12.1 Å². The number of hydrogen-bond acceptors (Lipinski definition) is 2. The fourth-order valence-corrected chi connectivity index (χ4v) is 1.86. The third-order valence-corrected chi connectivity index (χ3v) is 2.60. The third-order valence-electron chi connectivity index (χ3n) is 2.60. The molecule has 1 aliphatic rings. The topological polar surface area (TPSA) is 50.4 Å². The molecule has 0 fully saturated rings. The molecular formula is C12H16N2O2. The van der Waals surface area contributed by atoms with Crippen LogP contribution in [0.5, 0.6) is 5.75 Å². The van der Waals surface area contributed by atoms with Crippen molar-refractivity contribution >= 4 is 6.03 Å². The fraction of sp³-hybridized carbons (Fsp3) is 0.417. The summed E-state index contributed by atoms with van der Waals surface area (Å²) in [7, 11) is 0. The summed E-state index contributed by atoms with van der Waals surface area (Å²) in [6.45, 7) is 3.18. The number of carbonyl (C=O) groups is 1. The predicted octanol–water partition coefficient (Wildman–Crippen LogP) is 1.83. The van der Waals surface area contributed by atoms with Crippen molar-refractivity contribution < 1.29 is 9.53 Å². The van der Waals surface area contributed by atoms with Gasteiger partial charge in [0.05, 0.1) is 12.6 Å². The van der Waals surface area contributed by atoms with Crippen LogP contribution < -0.4 is 15.4 Å². The van der Waals surface area contributed by atoms with Crippen LogP contribution in [0, 0.1) is 0 Å². The highest BCUT2D eigenvalue weighted by Gasteiger charge is 2.21. The zero-order chi connectivity index (χ0) is 11.4. The standard InChI is InChI=1S/C12H16N2O2/c1-2-13-12(15)14-10-7-8-16-11-6-4-3-5-9(10)11/h3-6,10H,2,7-8H2,1H3,(H2,13,14,15). The molecule has 2 rings (SSSR count). The normalized spacial score (nSPS) is 18.2. The van der Waals surface area contributed by atoms with Crippen molar-refractivity contribution in [3.05, 3.63) is 29.8 Å². The Hall–Kier alpha value is -1.71. The van der Waals surface area contributed by atoms with Crippen molar-refractivity contribution in [3.8, 4) is 5.75 Å². The van der Waals surface area contributed by atoms with Crippen molar-refractivity contribution in [2.24, 2.45) is 0 Å². The SMILES string of the molecule is CCNC(=O)NC1CCOc2ccccc21. The molecular weight excluding hydrogens is 204 g/mol. The van der Waals surface area contributed by atoms with Crippen LogP contribution in [-0.2, 0) is 0 Å². The van der Waals surface area contributed by atoms with Crippen LogP contribution >= 0.6 is 0 Å². The lowest BCUT2D eigenvalue weighted by atomic mass is 10.0. The summed E-state index contributed by atoms with van der Waals surface area (Å²) in [5, 5.41) is 5.68. The van der Waals surface area contributed by atoms with Crippen LogP contribution in [-0.4, -0.2) is 19.2 Å². The Morgan fingerprint density at radius 3 is 3.12 bits per heavy atom. The summed E-state index contributed by atoms with van der Waals surface area (Å²) in [5.74, 6) is 0.871. The van der Waals surface area contributed by atoms with E-state index >= 15 is 0 Å². The summed E-state index contributed by atoms with van der Waals surface area (Å²) < 4.78 is 5.52. The number of para-hydroxylation sites is 1. The largest absolute Gasteiger partial charge is 0.493 e. The van der Waals surface area contributed by atoms with Gasteiger partial charge in [-0.2, -0.15) is 0 Å². The van der Waals surface area contributed by atoms with Gasteiger partial charge in [0.25, 0.3) is 0 Å². The number of rotatable bonds is 2. The van der Waals surface area contributed by atoms with E-state index in [0.717, 1.165) is 17.7 Å². The summed E-state index contributed by atoms with van der Waals surface area (Å²) >= 11 is 0. The molecule has 4 heteroatoms. The number of fused-ring (bicyclic) bond motifs is 1. The minimum absolute atomic E-state index is 0.0523. The van der Waals surface area contributed by atoms with Gasteiger partial charge in [-0.15, -0.1) is 0 Å². The first kappa shape index (κ1) is 10.8. The van der Waals surface area contributed by atoms with Crippen molar-refractivity contribution in [1.29, 1.82) is 0 Å². The smallest absolute Gasteiger partial charge is 0.315 e. The van der Waals surface area contributed by atoms with Crippen molar-refractivity contribution in [1.82, 2.24) is 10.6 Å². The molecule has 2 amide bonds. The Labute approximate surface area is 95.0 Å². The Kier molecular flexibility index (Phi) is 3.29. The van der Waals surface area contributed by atoms with Crippen LogP contribution in [0.15, 0.2) is 24.3 Å². The van der Waals surface area contributed by atoms with Crippen molar-refractivity contribution in [2.45, 2.75) is 19.4 Å². The highest BCUT2D eigenvalue weighted by atomic mass is 16.5. The molecule has 1 aliphatic heterocycles. The van der Waals surface area contributed by atoms with Gasteiger partial charge in [0, 0.05) is 18.5 Å². The van der Waals surface area contributed by atoms with E-state index in [0.29, 0.717) is 13.2 Å². The number of hydrogen-bond donors (Lipinski definition) is 2. The van der Waals surface area contributed by atoms with Gasteiger partial charge in [-0.3, -0.25) is 0 Å². The predicted molar refractivity (Wildman–Crippen MR) is 61.5 cm³/mol. The molecule has 0 radical (unpaired) electrons. The number of carbonyl (C=O) groups excluding carboxylic acids is 1. The molecule has 0 bridgehead atoms. The molecule has 1 atom stereocenters. The summed E-state index contributed by atoms with van der Waals surface area (Å²) in [5.41, 5.74) is 1.06. The number of nitrogens with one attached hydrogen (secondary N) is 2. The molecule has 0 saturated carbocycles. The van der Waals surface area contributed by atoms with E-state index < -0.39 is 0 Å². The van der Waals surface area contributed by atoms with Crippen LogP contribution in [0.2, 0.25) is 0 Å². The quantitative estimate of drug-likeness (QED) is 0.798. The number of urea groups is 1. The Balaban J connectivity index is 2.10. The number of benzene rings is 1. The first-order valence-corrected chi connectivity index (χ1v) is 5.57. The molecule has 0 aliphatic carbocycles. The fourth-order valence-electron chi connectivity index (χ4n) is 1.86. The zero-order valence-corrected chi connectivity index (χ0v) is 9.32. The van der Waals surface area contributed by atoms with Gasteiger partial charge in [-0.25, -0.2) is 4.79 Å². The van der Waals surface area contributed by atoms with Gasteiger partial charge in [0.1, 0.15) is 5.75 Å². The molecule has 0 aromatic heterocycles. The molecule has 4 nitrogen and oxygen atoms in total. The molecule has 1 aromatic carbocycles. The van der Waals surface area contributed by atoms with E-state index in [1.54, 1.807) is 0 Å². The van der Waals surface area contributed by atoms with Crippen molar-refractivity contribution in [3.63, 3.8) is 0 Å². The molecule has 86 valence electrons. The minimum Gasteiger partial charge on any atom is -0.493 e. The van der Waals surface area contributed by atoms with Crippen LogP contribution in [0.1, 0.15) is 24.9 Å². The lowest BCUT2D eigenvalue weighted by Gasteiger charge is -2.26. The molecule has 0 saturated heterocycles. The van der Waals surface area contributed by atoms with E-state index in [1.807, 2.05) is 31.2 Å². The number of ether oxygens (including phenoxy) is 1. The first-order valence-electron chi connectivity index (χ1n) is 5.57. The van der Waals surface area contributed by atoms with E-state index in [9.17, 15) is 4.79 Å². The van der Waals surface area contributed by atoms with Crippen LogP contribution in [0.25, 0.3) is 0 Å². The number of amides is 2. The monoisotopic (exact) mass is 220 g/mol. The molecule has 2 N–H and O–H groups in total. The molecule has 0 spiro atoms. The highest BCUT2D eigenvalue weighted by Crippen LogP contribution is 2.31. The minimum atomic E-state index is -0.121. The van der Waals surface area contributed by atoms with Gasteiger partial charge in [0.2, 0.25) is 0 Å². The molecule has 16 heavy (non-hydrogen) atoms. The maximum Gasteiger partial charge on any atom is 0.315 e. The van der Waals surface area contributed by atoms with E-state index in [4.69, 9.17) is 4.74 Å². The molecule has 1 unspecified atom stereocenters. The third kappa shape index (κ3) is 2.27. The summed E-state index contributed by atoms with van der Waals surface area (Å²) in [6, 6.07) is 7.75. The van der Waals surface area contributed by atoms with Gasteiger partial charge in [-0.05, 0) is 13.0 Å².